The van der Waals surface area contributed by atoms with E-state index < -0.39 is 12.1 Å². The lowest BCUT2D eigenvalue weighted by atomic mass is 9.88. The molecule has 4 heteroatoms. The summed E-state index contributed by atoms with van der Waals surface area (Å²) in [4.78, 5) is 11.8. The zero-order chi connectivity index (χ0) is 21.3. The second-order valence-corrected chi connectivity index (χ2v) is 8.39. The first kappa shape index (κ1) is 22.3. The van der Waals surface area contributed by atoms with Crippen LogP contribution in [0.1, 0.15) is 57.4 Å². The Morgan fingerprint density at radius 2 is 1.60 bits per heavy atom. The van der Waals surface area contributed by atoms with Gasteiger partial charge in [0.05, 0.1) is 6.61 Å². The maximum absolute atomic E-state index is 13.8. The van der Waals surface area contributed by atoms with Crippen molar-refractivity contribution in [1.29, 1.82) is 0 Å². The second kappa shape index (κ2) is 11.1. The summed E-state index contributed by atoms with van der Waals surface area (Å²) in [6, 6.07) is 16.7. The van der Waals surface area contributed by atoms with Crippen molar-refractivity contribution in [2.75, 3.05) is 6.61 Å². The number of benzene rings is 2. The van der Waals surface area contributed by atoms with E-state index in [1.165, 1.54) is 16.7 Å². The van der Waals surface area contributed by atoms with Crippen molar-refractivity contribution in [3.63, 3.8) is 0 Å². The summed E-state index contributed by atoms with van der Waals surface area (Å²) >= 11 is 0. The molecule has 0 spiro atoms. The van der Waals surface area contributed by atoms with Crippen LogP contribution < -0.4 is 4.74 Å². The predicted octanol–water partition coefficient (Wildman–Crippen LogP) is 6.67. The molecule has 3 nitrogen and oxygen atoms in total. The smallest absolute Gasteiger partial charge is 0.340 e. The van der Waals surface area contributed by atoms with Crippen molar-refractivity contribution in [2.45, 2.75) is 71.1 Å². The molecule has 1 aliphatic rings. The first-order valence-electron chi connectivity index (χ1n) is 11.2. The van der Waals surface area contributed by atoms with Gasteiger partial charge in [0, 0.05) is 0 Å². The summed E-state index contributed by atoms with van der Waals surface area (Å²) in [7, 11) is 0. The van der Waals surface area contributed by atoms with E-state index in [1.807, 2.05) is 19.1 Å². The summed E-state index contributed by atoms with van der Waals surface area (Å²) in [5.74, 6) is 0.630. The predicted molar refractivity (Wildman–Crippen MR) is 118 cm³/mol. The minimum atomic E-state index is -1.48. The fraction of sp³-hybridized carbons (Fsp3) is 0.500. The van der Waals surface area contributed by atoms with E-state index in [-0.39, 0.29) is 12.5 Å². The van der Waals surface area contributed by atoms with Crippen LogP contribution in [-0.2, 0) is 9.53 Å². The maximum Gasteiger partial charge on any atom is 0.340 e. The lowest BCUT2D eigenvalue weighted by Crippen LogP contribution is -2.30. The number of halogens is 1. The zero-order valence-corrected chi connectivity index (χ0v) is 18.1. The molecule has 1 fully saturated rings. The Morgan fingerprint density at radius 1 is 1.00 bits per heavy atom. The highest BCUT2D eigenvalue weighted by Crippen LogP contribution is 2.28. The number of ether oxygens (including phenoxy) is 2. The summed E-state index contributed by atoms with van der Waals surface area (Å²) < 4.78 is 25.1. The average Bonchev–Trinajstić information content (AvgIpc) is 2.78. The Kier molecular flexibility index (Phi) is 8.30. The molecule has 0 aromatic heterocycles. The van der Waals surface area contributed by atoms with E-state index in [1.54, 1.807) is 0 Å². The number of carbonyl (C=O) groups excluding carboxylic acids is 1. The van der Waals surface area contributed by atoms with Crippen molar-refractivity contribution >= 4 is 5.97 Å². The van der Waals surface area contributed by atoms with E-state index in [4.69, 9.17) is 9.47 Å². The van der Waals surface area contributed by atoms with Gasteiger partial charge < -0.3 is 9.47 Å². The molecular weight excluding hydrogens is 379 g/mol. The number of hydrogen-bond acceptors (Lipinski definition) is 3. The fourth-order valence-electron chi connectivity index (χ4n) is 3.86. The Labute approximate surface area is 179 Å². The lowest BCUT2D eigenvalue weighted by Gasteiger charge is -2.28. The minimum Gasteiger partial charge on any atom is -0.493 e. The van der Waals surface area contributed by atoms with Crippen molar-refractivity contribution in [1.82, 2.24) is 0 Å². The van der Waals surface area contributed by atoms with E-state index in [0.29, 0.717) is 18.9 Å². The molecule has 0 radical (unpaired) electrons. The van der Waals surface area contributed by atoms with Gasteiger partial charge in [-0.05, 0) is 68.2 Å². The zero-order valence-electron chi connectivity index (χ0n) is 18.1. The summed E-state index contributed by atoms with van der Waals surface area (Å²) in [6.45, 7) is 4.73. The van der Waals surface area contributed by atoms with Gasteiger partial charge in [-0.15, -0.1) is 0 Å². The van der Waals surface area contributed by atoms with Gasteiger partial charge >= 0.3 is 5.97 Å². The highest BCUT2D eigenvalue weighted by Gasteiger charge is 2.27. The molecule has 0 unspecified atom stereocenters. The number of alkyl halides is 1. The molecule has 2 aromatic rings. The number of rotatable bonds is 9. The van der Waals surface area contributed by atoms with Gasteiger partial charge in [-0.2, -0.15) is 0 Å². The molecule has 0 saturated heterocycles. The molecule has 0 aliphatic heterocycles. The van der Waals surface area contributed by atoms with Crippen LogP contribution in [0.3, 0.4) is 0 Å². The quantitative estimate of drug-likeness (QED) is 0.431. The fourth-order valence-corrected chi connectivity index (χ4v) is 3.86. The van der Waals surface area contributed by atoms with Crippen LogP contribution in [-0.4, -0.2) is 24.9 Å². The number of carbonyl (C=O) groups is 1. The Bertz CT molecular complexity index is 777. The maximum atomic E-state index is 13.8. The Balaban J connectivity index is 1.39. The minimum absolute atomic E-state index is 0.151. The molecule has 0 heterocycles. The van der Waals surface area contributed by atoms with Crippen molar-refractivity contribution < 1.29 is 18.7 Å². The summed E-state index contributed by atoms with van der Waals surface area (Å²) in [5, 5.41) is 0. The van der Waals surface area contributed by atoms with Crippen LogP contribution in [0.15, 0.2) is 48.5 Å². The standard InChI is InChI=1S/C26H33FO3/c1-3-4-5-25(27)26(28)30-24-14-8-20(9-15-24)18-29-23-16-12-22(13-17-23)21-10-6-19(2)7-11-21/h6-7,10-13,16-17,20,24-25H,3-5,8-9,14-15,18H2,1-2H3/t20-,24-,25-/m0/s1. The largest absolute Gasteiger partial charge is 0.493 e. The monoisotopic (exact) mass is 412 g/mol. The third-order valence-electron chi connectivity index (χ3n) is 5.87. The molecule has 0 amide bonds. The van der Waals surface area contributed by atoms with Gasteiger partial charge in [0.2, 0.25) is 0 Å². The van der Waals surface area contributed by atoms with Crippen molar-refractivity contribution in [2.24, 2.45) is 5.92 Å². The number of unbranched alkanes of at least 4 members (excludes halogenated alkanes) is 1. The molecule has 3 rings (SSSR count). The lowest BCUT2D eigenvalue weighted by molar-refractivity contribution is -0.157. The Morgan fingerprint density at radius 3 is 2.20 bits per heavy atom. The van der Waals surface area contributed by atoms with Gasteiger partial charge in [0.25, 0.3) is 0 Å². The molecule has 162 valence electrons. The highest BCUT2D eigenvalue weighted by atomic mass is 19.1. The van der Waals surface area contributed by atoms with Crippen LogP contribution in [0.5, 0.6) is 5.75 Å². The van der Waals surface area contributed by atoms with Crippen LogP contribution >= 0.6 is 0 Å². The highest BCUT2D eigenvalue weighted by molar-refractivity contribution is 5.74. The van der Waals surface area contributed by atoms with Gasteiger partial charge in [0.1, 0.15) is 11.9 Å². The molecular formula is C26H33FO3. The van der Waals surface area contributed by atoms with Gasteiger partial charge in [-0.25, -0.2) is 9.18 Å². The molecule has 1 saturated carbocycles. The van der Waals surface area contributed by atoms with Gasteiger partial charge in [0.15, 0.2) is 6.17 Å². The van der Waals surface area contributed by atoms with Gasteiger partial charge in [-0.1, -0.05) is 61.7 Å². The molecule has 30 heavy (non-hydrogen) atoms. The topological polar surface area (TPSA) is 35.5 Å². The number of hydrogen-bond donors (Lipinski definition) is 0. The number of aryl methyl sites for hydroxylation is 1. The second-order valence-electron chi connectivity index (χ2n) is 8.39. The van der Waals surface area contributed by atoms with Crippen LogP contribution in [0.25, 0.3) is 11.1 Å². The van der Waals surface area contributed by atoms with Crippen LogP contribution in [0, 0.1) is 12.8 Å². The van der Waals surface area contributed by atoms with Crippen LogP contribution in [0.2, 0.25) is 0 Å². The average molecular weight is 413 g/mol. The van der Waals surface area contributed by atoms with Gasteiger partial charge in [-0.3, -0.25) is 0 Å². The first-order chi connectivity index (χ1) is 14.5. The van der Waals surface area contributed by atoms with E-state index in [2.05, 4.69) is 43.3 Å². The third kappa shape index (κ3) is 6.58. The molecule has 1 atom stereocenters. The third-order valence-corrected chi connectivity index (χ3v) is 5.87. The normalized spacial score (nSPS) is 19.8. The first-order valence-corrected chi connectivity index (χ1v) is 11.2. The van der Waals surface area contributed by atoms with Crippen molar-refractivity contribution in [3.05, 3.63) is 54.1 Å². The van der Waals surface area contributed by atoms with E-state index in [9.17, 15) is 9.18 Å². The number of esters is 1. The van der Waals surface area contributed by atoms with Crippen molar-refractivity contribution in [3.8, 4) is 16.9 Å². The Hall–Kier alpha value is -2.36. The van der Waals surface area contributed by atoms with E-state index in [0.717, 1.165) is 37.9 Å². The summed E-state index contributed by atoms with van der Waals surface area (Å²) in [6.07, 6.45) is 3.67. The molecule has 2 aromatic carbocycles. The van der Waals surface area contributed by atoms with E-state index >= 15 is 0 Å². The SMILES string of the molecule is CCCC[C@H](F)C(=O)O[C@H]1CC[C@H](COc2ccc(-c3ccc(C)cc3)cc2)CC1. The molecule has 0 bridgehead atoms. The van der Waals surface area contributed by atoms with Crippen LogP contribution in [0.4, 0.5) is 4.39 Å². The summed E-state index contributed by atoms with van der Waals surface area (Å²) in [5.41, 5.74) is 3.63. The molecule has 0 N–H and O–H groups in total. The molecule has 1 aliphatic carbocycles.